The molecule has 0 aromatic heterocycles. The van der Waals surface area contributed by atoms with Gasteiger partial charge in [-0.1, -0.05) is 45.6 Å². The van der Waals surface area contributed by atoms with Gasteiger partial charge >= 0.3 is 11.9 Å². The monoisotopic (exact) mass is 362 g/mol. The van der Waals surface area contributed by atoms with Crippen molar-refractivity contribution in [3.63, 3.8) is 0 Å². The van der Waals surface area contributed by atoms with Gasteiger partial charge in [0.2, 0.25) is 0 Å². The number of ether oxygens (including phenoxy) is 1. The number of methoxy groups -OCH3 is 1. The fraction of sp³-hybridized carbons (Fsp3) is 0.524. The number of allylic oxidation sites excluding steroid dienone is 1. The Morgan fingerprint density at radius 1 is 0.962 bits per heavy atom. The lowest BCUT2D eigenvalue weighted by Crippen LogP contribution is -2.15. The number of hydrogen-bond acceptors (Lipinski definition) is 3. The number of benzene rings is 1. The smallest absolute Gasteiger partial charge is 0.343 e. The van der Waals surface area contributed by atoms with Gasteiger partial charge in [-0.3, -0.25) is 0 Å². The molecule has 144 valence electrons. The highest BCUT2D eigenvalue weighted by molar-refractivity contribution is 6.18. The van der Waals surface area contributed by atoms with Crippen molar-refractivity contribution < 1.29 is 24.5 Å². The molecule has 0 heterocycles. The lowest BCUT2D eigenvalue weighted by Gasteiger charge is -2.16. The van der Waals surface area contributed by atoms with E-state index in [2.05, 4.69) is 13.8 Å². The van der Waals surface area contributed by atoms with E-state index >= 15 is 0 Å². The quantitative estimate of drug-likeness (QED) is 0.238. The van der Waals surface area contributed by atoms with Crippen molar-refractivity contribution in [3.05, 3.63) is 34.9 Å². The molecule has 0 saturated carbocycles. The molecule has 0 amide bonds. The van der Waals surface area contributed by atoms with Crippen LogP contribution in [0.25, 0.3) is 5.57 Å². The van der Waals surface area contributed by atoms with Crippen LogP contribution in [-0.4, -0.2) is 29.3 Å². The van der Waals surface area contributed by atoms with E-state index in [4.69, 9.17) is 4.74 Å². The molecule has 0 bridgehead atoms. The van der Waals surface area contributed by atoms with E-state index in [0.717, 1.165) is 56.1 Å². The fourth-order valence-corrected chi connectivity index (χ4v) is 3.06. The van der Waals surface area contributed by atoms with Gasteiger partial charge < -0.3 is 14.9 Å². The summed E-state index contributed by atoms with van der Waals surface area (Å²) in [6.45, 7) is 4.18. The first kappa shape index (κ1) is 21.7. The van der Waals surface area contributed by atoms with Crippen molar-refractivity contribution in [2.45, 2.75) is 65.2 Å². The first-order chi connectivity index (χ1) is 12.5. The van der Waals surface area contributed by atoms with Crippen LogP contribution in [-0.2, 0) is 16.0 Å². The summed E-state index contributed by atoms with van der Waals surface area (Å²) in [6, 6.07) is 5.46. The van der Waals surface area contributed by atoms with Crippen LogP contribution in [0.15, 0.2) is 23.8 Å². The molecular formula is C21H30O5. The predicted octanol–water partition coefficient (Wildman–Crippen LogP) is 4.93. The largest absolute Gasteiger partial charge is 0.497 e. The second kappa shape index (κ2) is 11.3. The molecule has 0 aliphatic heterocycles. The van der Waals surface area contributed by atoms with Gasteiger partial charge in [-0.2, -0.15) is 0 Å². The summed E-state index contributed by atoms with van der Waals surface area (Å²) in [5.74, 6) is -2.08. The van der Waals surface area contributed by atoms with Gasteiger partial charge in [0.15, 0.2) is 0 Å². The van der Waals surface area contributed by atoms with Crippen LogP contribution in [0.2, 0.25) is 0 Å². The minimum absolute atomic E-state index is 0.410. The molecule has 0 aliphatic rings. The lowest BCUT2D eigenvalue weighted by molar-refractivity contribution is -0.140. The Balaban J connectivity index is 3.45. The predicted molar refractivity (Wildman–Crippen MR) is 103 cm³/mol. The van der Waals surface area contributed by atoms with Gasteiger partial charge in [0.05, 0.1) is 7.11 Å². The molecule has 1 aromatic rings. The number of unbranched alkanes of at least 4 members (excludes halogenated alkanes) is 4. The van der Waals surface area contributed by atoms with E-state index < -0.39 is 17.5 Å². The second-order valence-corrected chi connectivity index (χ2v) is 6.40. The maximum atomic E-state index is 11.6. The number of rotatable bonds is 12. The van der Waals surface area contributed by atoms with E-state index in [1.165, 1.54) is 0 Å². The van der Waals surface area contributed by atoms with Crippen molar-refractivity contribution in [2.75, 3.05) is 7.11 Å². The number of carbonyl (C=O) groups is 2. The maximum Gasteiger partial charge on any atom is 0.343 e. The maximum absolute atomic E-state index is 11.6. The van der Waals surface area contributed by atoms with E-state index in [9.17, 15) is 19.8 Å². The Hall–Kier alpha value is -2.30. The van der Waals surface area contributed by atoms with Crippen LogP contribution in [0.5, 0.6) is 5.75 Å². The van der Waals surface area contributed by atoms with Gasteiger partial charge in [0.1, 0.15) is 11.3 Å². The van der Waals surface area contributed by atoms with Crippen LogP contribution < -0.4 is 4.74 Å². The minimum Gasteiger partial charge on any atom is -0.497 e. The van der Waals surface area contributed by atoms with Crippen LogP contribution in [0.3, 0.4) is 0 Å². The number of aliphatic carboxylic acids is 2. The lowest BCUT2D eigenvalue weighted by atomic mass is 9.89. The van der Waals surface area contributed by atoms with Crippen molar-refractivity contribution in [1.29, 1.82) is 0 Å². The summed E-state index contributed by atoms with van der Waals surface area (Å²) in [4.78, 5) is 23.2. The Labute approximate surface area is 155 Å². The fourth-order valence-electron chi connectivity index (χ4n) is 3.06. The summed E-state index contributed by atoms with van der Waals surface area (Å²) in [5, 5.41) is 18.9. The molecule has 1 aromatic carbocycles. The van der Waals surface area contributed by atoms with E-state index in [0.29, 0.717) is 17.7 Å². The van der Waals surface area contributed by atoms with Crippen LogP contribution in [0.1, 0.15) is 69.9 Å². The number of aryl methyl sites for hydroxylation is 1. The summed E-state index contributed by atoms with van der Waals surface area (Å²) in [6.07, 6.45) is 6.99. The van der Waals surface area contributed by atoms with Crippen molar-refractivity contribution in [2.24, 2.45) is 0 Å². The molecule has 2 N–H and O–H groups in total. The minimum atomic E-state index is -1.39. The van der Waals surface area contributed by atoms with Gasteiger partial charge in [-0.15, -0.1) is 0 Å². The molecule has 0 spiro atoms. The molecule has 0 unspecified atom stereocenters. The second-order valence-electron chi connectivity index (χ2n) is 6.40. The Morgan fingerprint density at radius 2 is 1.58 bits per heavy atom. The van der Waals surface area contributed by atoms with E-state index in [1.807, 2.05) is 6.07 Å². The zero-order valence-electron chi connectivity index (χ0n) is 16.0. The van der Waals surface area contributed by atoms with Crippen LogP contribution in [0, 0.1) is 0 Å². The van der Waals surface area contributed by atoms with Crippen molar-refractivity contribution in [1.82, 2.24) is 0 Å². The van der Waals surface area contributed by atoms with Gasteiger partial charge in [-0.05, 0) is 54.5 Å². The molecule has 0 aliphatic carbocycles. The van der Waals surface area contributed by atoms with Crippen LogP contribution >= 0.6 is 0 Å². The normalized spacial score (nSPS) is 10.4. The first-order valence-corrected chi connectivity index (χ1v) is 9.33. The molecule has 26 heavy (non-hydrogen) atoms. The summed E-state index contributed by atoms with van der Waals surface area (Å²) >= 11 is 0. The molecule has 0 saturated heterocycles. The molecular weight excluding hydrogens is 332 g/mol. The molecule has 0 radical (unpaired) electrons. The SMILES string of the molecule is CCCCCC(=C(C(=O)O)C(=O)O)c1ccc(OC)cc1CCCCC. The standard InChI is InChI=1S/C21H30O5/c1-4-6-8-10-15-14-16(26-3)12-13-17(15)18(11-9-7-5-2)19(20(22)23)21(24)25/h12-14H,4-11H2,1-3H3,(H,22,23)(H,24,25). The van der Waals surface area contributed by atoms with Gasteiger partial charge in [-0.25, -0.2) is 9.59 Å². The number of hydrogen-bond donors (Lipinski definition) is 2. The van der Waals surface area contributed by atoms with E-state index in [-0.39, 0.29) is 0 Å². The summed E-state index contributed by atoms with van der Waals surface area (Å²) in [7, 11) is 1.59. The first-order valence-electron chi connectivity index (χ1n) is 9.33. The van der Waals surface area contributed by atoms with Crippen molar-refractivity contribution >= 4 is 17.5 Å². The summed E-state index contributed by atoms with van der Waals surface area (Å²) < 4.78 is 5.30. The molecule has 0 atom stereocenters. The third-order valence-corrected chi connectivity index (χ3v) is 4.45. The number of carboxylic acid groups (broad SMARTS) is 2. The molecule has 0 fully saturated rings. The third-order valence-electron chi connectivity index (χ3n) is 4.45. The van der Waals surface area contributed by atoms with Crippen LogP contribution in [0.4, 0.5) is 0 Å². The molecule has 5 nitrogen and oxygen atoms in total. The van der Waals surface area contributed by atoms with Gasteiger partial charge in [0.25, 0.3) is 0 Å². The van der Waals surface area contributed by atoms with E-state index in [1.54, 1.807) is 19.2 Å². The highest BCUT2D eigenvalue weighted by Crippen LogP contribution is 2.31. The average molecular weight is 362 g/mol. The van der Waals surface area contributed by atoms with Crippen molar-refractivity contribution in [3.8, 4) is 5.75 Å². The molecule has 5 heteroatoms. The topological polar surface area (TPSA) is 83.8 Å². The Kier molecular flexibility index (Phi) is 9.48. The Bertz CT molecular complexity index is 630. The third kappa shape index (κ3) is 6.21. The summed E-state index contributed by atoms with van der Waals surface area (Å²) in [5.41, 5.74) is 1.55. The zero-order chi connectivity index (χ0) is 19.5. The molecule has 1 rings (SSSR count). The highest BCUT2D eigenvalue weighted by atomic mass is 16.5. The average Bonchev–Trinajstić information content (AvgIpc) is 2.60. The van der Waals surface area contributed by atoms with Gasteiger partial charge in [0, 0.05) is 0 Å². The Morgan fingerprint density at radius 3 is 2.12 bits per heavy atom. The highest BCUT2D eigenvalue weighted by Gasteiger charge is 2.24. The number of carboxylic acids is 2. The zero-order valence-corrected chi connectivity index (χ0v) is 16.0.